The molecular formula is C27H42N2O. The van der Waals surface area contributed by atoms with Crippen LogP contribution in [0.3, 0.4) is 0 Å². The first-order valence-electron chi connectivity index (χ1n) is 12.2. The quantitative estimate of drug-likeness (QED) is 0.695. The number of likely N-dealkylation sites (tertiary alicyclic amines) is 1. The molecule has 1 aromatic rings. The van der Waals surface area contributed by atoms with Gasteiger partial charge in [0.05, 0.1) is 0 Å². The number of carbonyl (C=O) groups is 1. The van der Waals surface area contributed by atoms with Gasteiger partial charge in [-0.15, -0.1) is 0 Å². The van der Waals surface area contributed by atoms with Crippen LogP contribution in [-0.2, 0) is 10.2 Å². The fraction of sp³-hybridized carbons (Fsp3) is 0.741. The number of fused-ring (bicyclic) bond motifs is 2. The minimum absolute atomic E-state index is 0.121. The standard InChI is InChI=1S/C27H42N2O/c1-19(28)13-23-12-11-20(2)29(23)24(30)26(5)15-21-14-25(3,4)17-27(16-21,18-26)22-9-7-6-8-10-22/h6-10,19-21,23H,11-18,28H2,1-5H3. The van der Waals surface area contributed by atoms with Gasteiger partial charge in [0.25, 0.3) is 0 Å². The van der Waals surface area contributed by atoms with Crippen molar-refractivity contribution in [3.05, 3.63) is 35.9 Å². The number of nitrogens with zero attached hydrogens (tertiary/aromatic N) is 1. The lowest BCUT2D eigenvalue weighted by atomic mass is 9.47. The van der Waals surface area contributed by atoms with E-state index < -0.39 is 0 Å². The van der Waals surface area contributed by atoms with Crippen molar-refractivity contribution in [1.82, 2.24) is 4.90 Å². The topological polar surface area (TPSA) is 46.3 Å². The Morgan fingerprint density at radius 3 is 2.47 bits per heavy atom. The van der Waals surface area contributed by atoms with Crippen LogP contribution in [0, 0.1) is 16.7 Å². The predicted molar refractivity (Wildman–Crippen MR) is 124 cm³/mol. The maximum absolute atomic E-state index is 14.2. The Kier molecular flexibility index (Phi) is 5.58. The Labute approximate surface area is 183 Å². The summed E-state index contributed by atoms with van der Waals surface area (Å²) in [7, 11) is 0. The summed E-state index contributed by atoms with van der Waals surface area (Å²) < 4.78 is 0. The van der Waals surface area contributed by atoms with Gasteiger partial charge in [0, 0.05) is 23.5 Å². The van der Waals surface area contributed by atoms with Crippen LogP contribution in [0.5, 0.6) is 0 Å². The van der Waals surface area contributed by atoms with E-state index in [4.69, 9.17) is 5.73 Å². The third-order valence-corrected chi connectivity index (χ3v) is 8.37. The number of rotatable bonds is 4. The van der Waals surface area contributed by atoms with E-state index in [0.717, 1.165) is 32.1 Å². The highest BCUT2D eigenvalue weighted by atomic mass is 16.2. The third kappa shape index (κ3) is 3.95. The highest BCUT2D eigenvalue weighted by Gasteiger charge is 2.57. The van der Waals surface area contributed by atoms with E-state index in [1.54, 1.807) is 0 Å². The number of nitrogens with two attached hydrogens (primary N) is 1. The molecule has 30 heavy (non-hydrogen) atoms. The number of benzene rings is 1. The molecule has 2 aliphatic carbocycles. The molecule has 166 valence electrons. The highest BCUT2D eigenvalue weighted by Crippen LogP contribution is 2.61. The SMILES string of the molecule is CC(N)CC1CCC(C)N1C(=O)C1(C)CC2CC(C)(C)CC(c3ccccc3)(C2)C1. The summed E-state index contributed by atoms with van der Waals surface area (Å²) in [5.74, 6) is 1.03. The molecule has 6 atom stereocenters. The van der Waals surface area contributed by atoms with Gasteiger partial charge in [0.1, 0.15) is 0 Å². The summed E-state index contributed by atoms with van der Waals surface area (Å²) in [6.45, 7) is 11.5. The first-order chi connectivity index (χ1) is 14.0. The van der Waals surface area contributed by atoms with Crippen molar-refractivity contribution < 1.29 is 4.79 Å². The highest BCUT2D eigenvalue weighted by molar-refractivity contribution is 5.83. The number of hydrogen-bond donors (Lipinski definition) is 1. The van der Waals surface area contributed by atoms with Gasteiger partial charge in [-0.25, -0.2) is 0 Å². The van der Waals surface area contributed by atoms with Crippen LogP contribution in [0.25, 0.3) is 0 Å². The van der Waals surface area contributed by atoms with E-state index in [1.807, 2.05) is 0 Å². The van der Waals surface area contributed by atoms with Crippen molar-refractivity contribution in [1.29, 1.82) is 0 Å². The van der Waals surface area contributed by atoms with Gasteiger partial charge in [-0.3, -0.25) is 4.79 Å². The van der Waals surface area contributed by atoms with Crippen molar-refractivity contribution in [2.75, 3.05) is 0 Å². The zero-order valence-electron chi connectivity index (χ0n) is 19.8. The lowest BCUT2D eigenvalue weighted by molar-refractivity contribution is -0.152. The molecule has 2 bridgehead atoms. The largest absolute Gasteiger partial charge is 0.336 e. The smallest absolute Gasteiger partial charge is 0.229 e. The molecular weight excluding hydrogens is 368 g/mol. The Bertz CT molecular complexity index is 772. The van der Waals surface area contributed by atoms with Crippen LogP contribution in [0.1, 0.15) is 91.5 Å². The first kappa shape index (κ1) is 21.9. The molecule has 4 rings (SSSR count). The molecule has 3 heteroatoms. The van der Waals surface area contributed by atoms with Crippen molar-refractivity contribution in [2.24, 2.45) is 22.5 Å². The van der Waals surface area contributed by atoms with Crippen molar-refractivity contribution in [3.63, 3.8) is 0 Å². The summed E-state index contributed by atoms with van der Waals surface area (Å²) >= 11 is 0. The minimum Gasteiger partial charge on any atom is -0.336 e. The second-order valence-electron chi connectivity index (χ2n) is 12.2. The van der Waals surface area contributed by atoms with E-state index in [1.165, 1.54) is 24.8 Å². The monoisotopic (exact) mass is 410 g/mol. The molecule has 2 N–H and O–H groups in total. The second kappa shape index (κ2) is 7.65. The van der Waals surface area contributed by atoms with E-state index in [-0.39, 0.29) is 16.9 Å². The minimum atomic E-state index is -0.274. The van der Waals surface area contributed by atoms with Gasteiger partial charge in [-0.1, -0.05) is 51.1 Å². The van der Waals surface area contributed by atoms with E-state index in [2.05, 4.69) is 69.9 Å². The van der Waals surface area contributed by atoms with Crippen LogP contribution in [-0.4, -0.2) is 28.9 Å². The first-order valence-corrected chi connectivity index (χ1v) is 12.2. The summed E-state index contributed by atoms with van der Waals surface area (Å²) in [5, 5.41) is 0. The van der Waals surface area contributed by atoms with Crippen molar-refractivity contribution in [2.45, 2.75) is 110 Å². The molecule has 3 fully saturated rings. The number of hydrogen-bond acceptors (Lipinski definition) is 2. The molecule has 1 aliphatic heterocycles. The lowest BCUT2D eigenvalue weighted by Crippen LogP contribution is -2.56. The van der Waals surface area contributed by atoms with Crippen LogP contribution in [0.15, 0.2) is 30.3 Å². The van der Waals surface area contributed by atoms with Crippen LogP contribution >= 0.6 is 0 Å². The molecule has 6 unspecified atom stereocenters. The average Bonchev–Trinajstić information content (AvgIpc) is 2.99. The van der Waals surface area contributed by atoms with Gasteiger partial charge in [-0.2, -0.15) is 0 Å². The van der Waals surface area contributed by atoms with E-state index in [0.29, 0.717) is 29.3 Å². The molecule has 1 aromatic carbocycles. The zero-order chi connectivity index (χ0) is 21.7. The van der Waals surface area contributed by atoms with Gasteiger partial charge in [0.2, 0.25) is 5.91 Å². The van der Waals surface area contributed by atoms with Crippen molar-refractivity contribution >= 4 is 5.91 Å². The van der Waals surface area contributed by atoms with Gasteiger partial charge < -0.3 is 10.6 Å². The molecule has 1 saturated heterocycles. The Morgan fingerprint density at radius 2 is 1.80 bits per heavy atom. The van der Waals surface area contributed by atoms with E-state index >= 15 is 0 Å². The molecule has 3 aliphatic rings. The Hall–Kier alpha value is -1.35. The molecule has 0 aromatic heterocycles. The van der Waals surface area contributed by atoms with E-state index in [9.17, 15) is 4.79 Å². The third-order valence-electron chi connectivity index (χ3n) is 8.37. The molecule has 0 spiro atoms. The van der Waals surface area contributed by atoms with Gasteiger partial charge in [-0.05, 0) is 87.5 Å². The van der Waals surface area contributed by atoms with Crippen LogP contribution < -0.4 is 5.73 Å². The molecule has 1 amide bonds. The lowest BCUT2D eigenvalue weighted by Gasteiger charge is -2.57. The Balaban J connectivity index is 1.68. The summed E-state index contributed by atoms with van der Waals surface area (Å²) in [5.41, 5.74) is 7.78. The molecule has 3 nitrogen and oxygen atoms in total. The fourth-order valence-corrected chi connectivity index (χ4v) is 7.89. The molecule has 1 heterocycles. The second-order valence-corrected chi connectivity index (χ2v) is 12.2. The van der Waals surface area contributed by atoms with Crippen LogP contribution in [0.2, 0.25) is 0 Å². The van der Waals surface area contributed by atoms with Gasteiger partial charge >= 0.3 is 0 Å². The summed E-state index contributed by atoms with van der Waals surface area (Å²) in [4.78, 5) is 16.4. The van der Waals surface area contributed by atoms with Crippen molar-refractivity contribution in [3.8, 4) is 0 Å². The maximum atomic E-state index is 14.2. The average molecular weight is 411 g/mol. The zero-order valence-corrected chi connectivity index (χ0v) is 19.8. The summed E-state index contributed by atoms with van der Waals surface area (Å²) in [6.07, 6.45) is 8.82. The normalized spacial score (nSPS) is 39.0. The fourth-order valence-electron chi connectivity index (χ4n) is 7.89. The number of carbonyl (C=O) groups excluding carboxylic acids is 1. The van der Waals surface area contributed by atoms with Crippen LogP contribution in [0.4, 0.5) is 0 Å². The molecule has 2 saturated carbocycles. The Morgan fingerprint density at radius 1 is 1.10 bits per heavy atom. The number of amides is 1. The predicted octanol–water partition coefficient (Wildman–Crippen LogP) is 5.67. The van der Waals surface area contributed by atoms with Gasteiger partial charge in [0.15, 0.2) is 0 Å². The maximum Gasteiger partial charge on any atom is 0.229 e. The molecule has 0 radical (unpaired) electrons. The summed E-state index contributed by atoms with van der Waals surface area (Å²) in [6, 6.07) is 11.9.